The molecule has 2 amide bonds. The molecule has 0 bridgehead atoms. The number of rotatable bonds is 9. The number of carbonyl (C=O) groups excluding carboxylic acids is 2. The number of benzene rings is 2. The molecule has 1 unspecified atom stereocenters. The molecule has 0 radical (unpaired) electrons. The summed E-state index contributed by atoms with van der Waals surface area (Å²) in [6.07, 6.45) is 0.988. The van der Waals surface area contributed by atoms with Gasteiger partial charge in [0.1, 0.15) is 5.75 Å². The summed E-state index contributed by atoms with van der Waals surface area (Å²) in [5.41, 5.74) is 1.48. The number of nitrogens with one attached hydrogen (secondary N) is 1. The molecular weight excluding hydrogens is 454 g/mol. The second-order valence-electron chi connectivity index (χ2n) is 8.28. The molecular formula is C25H33N3O5S. The first kappa shape index (κ1) is 25.7. The fraction of sp³-hybridized carbons (Fsp3) is 0.440. The van der Waals surface area contributed by atoms with Crippen molar-refractivity contribution in [2.45, 2.75) is 38.0 Å². The monoisotopic (exact) mass is 487 g/mol. The van der Waals surface area contributed by atoms with Crippen molar-refractivity contribution in [1.29, 1.82) is 0 Å². The maximum absolute atomic E-state index is 13.0. The summed E-state index contributed by atoms with van der Waals surface area (Å²) >= 11 is 0. The number of nitrogens with zero attached hydrogens (tertiary/aromatic N) is 2. The van der Waals surface area contributed by atoms with Crippen LogP contribution in [0.15, 0.2) is 53.4 Å². The van der Waals surface area contributed by atoms with Crippen molar-refractivity contribution >= 4 is 21.8 Å². The number of ether oxygens (including phenoxy) is 1. The lowest BCUT2D eigenvalue weighted by Crippen LogP contribution is -2.52. The summed E-state index contributed by atoms with van der Waals surface area (Å²) in [7, 11) is -3.62. The first-order chi connectivity index (χ1) is 16.3. The third kappa shape index (κ3) is 5.95. The van der Waals surface area contributed by atoms with Crippen LogP contribution in [0.1, 0.15) is 49.0 Å². The van der Waals surface area contributed by atoms with E-state index in [9.17, 15) is 18.0 Å². The molecule has 184 valence electrons. The Bertz CT molecular complexity index is 1090. The van der Waals surface area contributed by atoms with E-state index in [2.05, 4.69) is 19.2 Å². The van der Waals surface area contributed by atoms with E-state index in [1.54, 1.807) is 41.3 Å². The van der Waals surface area contributed by atoms with Crippen LogP contribution in [0, 0.1) is 0 Å². The van der Waals surface area contributed by atoms with Crippen molar-refractivity contribution in [3.8, 4) is 5.75 Å². The lowest BCUT2D eigenvalue weighted by atomic mass is 9.99. The van der Waals surface area contributed by atoms with Gasteiger partial charge in [0.2, 0.25) is 15.9 Å². The molecule has 2 aromatic carbocycles. The number of amides is 2. The largest absolute Gasteiger partial charge is 0.493 e. The molecule has 0 aromatic heterocycles. The molecule has 1 saturated heterocycles. The van der Waals surface area contributed by atoms with Gasteiger partial charge in [-0.2, -0.15) is 4.31 Å². The average Bonchev–Trinajstić information content (AvgIpc) is 2.87. The van der Waals surface area contributed by atoms with Crippen molar-refractivity contribution in [2.75, 3.05) is 39.3 Å². The average molecular weight is 488 g/mol. The highest BCUT2D eigenvalue weighted by atomic mass is 32.2. The predicted octanol–water partition coefficient (Wildman–Crippen LogP) is 2.86. The van der Waals surface area contributed by atoms with Gasteiger partial charge in [-0.1, -0.05) is 38.1 Å². The van der Waals surface area contributed by atoms with Crippen molar-refractivity contribution in [1.82, 2.24) is 14.5 Å². The normalized spacial score (nSPS) is 15.6. The van der Waals surface area contributed by atoms with E-state index in [0.29, 0.717) is 23.8 Å². The Morgan fingerprint density at radius 2 is 1.65 bits per heavy atom. The second kappa shape index (κ2) is 11.5. The Balaban J connectivity index is 1.54. The number of piperazine rings is 1. The zero-order chi connectivity index (χ0) is 24.7. The maximum Gasteiger partial charge on any atom is 0.255 e. The second-order valence-corrected chi connectivity index (χ2v) is 10.2. The van der Waals surface area contributed by atoms with Gasteiger partial charge < -0.3 is 15.0 Å². The van der Waals surface area contributed by atoms with Gasteiger partial charge in [0, 0.05) is 26.2 Å². The number of para-hydroxylation sites is 1. The summed E-state index contributed by atoms with van der Waals surface area (Å²) in [6.45, 7) is 7.27. The van der Waals surface area contributed by atoms with Gasteiger partial charge in [-0.05, 0) is 49.1 Å². The highest BCUT2D eigenvalue weighted by Gasteiger charge is 2.30. The van der Waals surface area contributed by atoms with Crippen LogP contribution in [0.2, 0.25) is 0 Å². The van der Waals surface area contributed by atoms with E-state index in [1.807, 2.05) is 19.1 Å². The van der Waals surface area contributed by atoms with Crippen LogP contribution in [0.25, 0.3) is 0 Å². The van der Waals surface area contributed by atoms with Gasteiger partial charge in [-0.15, -0.1) is 0 Å². The third-order valence-electron chi connectivity index (χ3n) is 6.12. The highest BCUT2D eigenvalue weighted by Crippen LogP contribution is 2.23. The zero-order valence-corrected chi connectivity index (χ0v) is 20.8. The first-order valence-electron chi connectivity index (χ1n) is 11.7. The summed E-state index contributed by atoms with van der Waals surface area (Å²) in [5.74, 6) is 0.196. The quantitative estimate of drug-likeness (QED) is 0.587. The molecule has 3 rings (SSSR count). The Kier molecular flexibility index (Phi) is 8.68. The standard InChI is InChI=1S/C25H33N3O5S/c1-4-19(3)20-10-12-21(13-11-20)34(31,32)28-16-14-27(15-17-28)24(29)18-26-25(30)22-8-6-7-9-23(22)33-5-2/h6-13,19H,4-5,14-18H2,1-3H3,(H,26,30). The molecule has 1 N–H and O–H groups in total. The molecule has 0 spiro atoms. The van der Waals surface area contributed by atoms with Gasteiger partial charge in [0.15, 0.2) is 0 Å². The minimum atomic E-state index is -3.62. The van der Waals surface area contributed by atoms with Gasteiger partial charge in [-0.25, -0.2) is 8.42 Å². The van der Waals surface area contributed by atoms with Crippen LogP contribution < -0.4 is 10.1 Å². The number of hydrogen-bond donors (Lipinski definition) is 1. The highest BCUT2D eigenvalue weighted by molar-refractivity contribution is 7.89. The van der Waals surface area contributed by atoms with Crippen LogP contribution in [-0.2, 0) is 14.8 Å². The van der Waals surface area contributed by atoms with Crippen LogP contribution in [0.3, 0.4) is 0 Å². The Hall–Kier alpha value is -2.91. The molecule has 0 saturated carbocycles. The van der Waals surface area contributed by atoms with Gasteiger partial charge in [0.25, 0.3) is 5.91 Å². The van der Waals surface area contributed by atoms with E-state index in [4.69, 9.17) is 4.74 Å². The first-order valence-corrected chi connectivity index (χ1v) is 13.1. The van der Waals surface area contributed by atoms with Crippen molar-refractivity contribution in [3.63, 3.8) is 0 Å². The smallest absolute Gasteiger partial charge is 0.255 e. The SMILES string of the molecule is CCOc1ccccc1C(=O)NCC(=O)N1CCN(S(=O)(=O)c2ccc(C(C)CC)cc2)CC1. The van der Waals surface area contributed by atoms with Crippen LogP contribution in [0.5, 0.6) is 5.75 Å². The van der Waals surface area contributed by atoms with Crippen molar-refractivity contribution < 1.29 is 22.7 Å². The Labute approximate surface area is 201 Å². The molecule has 2 aromatic rings. The molecule has 1 fully saturated rings. The number of sulfonamides is 1. The number of carbonyl (C=O) groups is 2. The molecule has 34 heavy (non-hydrogen) atoms. The summed E-state index contributed by atoms with van der Waals surface area (Å²) in [6, 6.07) is 13.9. The summed E-state index contributed by atoms with van der Waals surface area (Å²) in [5, 5.41) is 2.64. The molecule has 1 aliphatic rings. The minimum Gasteiger partial charge on any atom is -0.493 e. The third-order valence-corrected chi connectivity index (χ3v) is 8.04. The van der Waals surface area contributed by atoms with E-state index in [-0.39, 0.29) is 49.4 Å². The molecule has 9 heteroatoms. The lowest BCUT2D eigenvalue weighted by molar-refractivity contribution is -0.131. The Morgan fingerprint density at radius 1 is 1.00 bits per heavy atom. The summed E-state index contributed by atoms with van der Waals surface area (Å²) in [4.78, 5) is 27.0. The Morgan fingerprint density at radius 3 is 2.26 bits per heavy atom. The van der Waals surface area contributed by atoms with Crippen LogP contribution in [0.4, 0.5) is 0 Å². The van der Waals surface area contributed by atoms with Crippen LogP contribution in [-0.4, -0.2) is 68.8 Å². The van der Waals surface area contributed by atoms with E-state index >= 15 is 0 Å². The predicted molar refractivity (Wildman–Crippen MR) is 130 cm³/mol. The van der Waals surface area contributed by atoms with Gasteiger partial charge in [-0.3, -0.25) is 9.59 Å². The summed E-state index contributed by atoms with van der Waals surface area (Å²) < 4.78 is 32.9. The minimum absolute atomic E-state index is 0.164. The topological polar surface area (TPSA) is 96.0 Å². The molecule has 1 atom stereocenters. The van der Waals surface area contributed by atoms with E-state index in [0.717, 1.165) is 12.0 Å². The maximum atomic E-state index is 13.0. The van der Waals surface area contributed by atoms with Gasteiger partial charge in [0.05, 0.1) is 23.6 Å². The molecule has 1 heterocycles. The zero-order valence-electron chi connectivity index (χ0n) is 20.0. The van der Waals surface area contributed by atoms with Crippen LogP contribution >= 0.6 is 0 Å². The van der Waals surface area contributed by atoms with Gasteiger partial charge >= 0.3 is 0 Å². The lowest BCUT2D eigenvalue weighted by Gasteiger charge is -2.34. The molecule has 1 aliphatic heterocycles. The molecule has 8 nitrogen and oxygen atoms in total. The van der Waals surface area contributed by atoms with E-state index in [1.165, 1.54) is 4.31 Å². The molecule has 0 aliphatic carbocycles. The fourth-order valence-electron chi connectivity index (χ4n) is 3.83. The number of hydrogen-bond acceptors (Lipinski definition) is 5. The van der Waals surface area contributed by atoms with E-state index < -0.39 is 10.0 Å². The fourth-order valence-corrected chi connectivity index (χ4v) is 5.25. The van der Waals surface area contributed by atoms with Crippen molar-refractivity contribution in [2.24, 2.45) is 0 Å². The van der Waals surface area contributed by atoms with Crippen molar-refractivity contribution in [3.05, 3.63) is 59.7 Å².